The summed E-state index contributed by atoms with van der Waals surface area (Å²) in [5.74, 6) is 0.356. The van der Waals surface area contributed by atoms with Gasteiger partial charge >= 0.3 is 5.97 Å². The fraction of sp³-hybridized carbons (Fsp3) is 0.786. The quantitative estimate of drug-likeness (QED) is 0.780. The molecule has 118 valence electrons. The first kappa shape index (κ1) is 16.3. The topological polar surface area (TPSA) is 77.2 Å². The van der Waals surface area contributed by atoms with Crippen LogP contribution >= 0.6 is 11.8 Å². The van der Waals surface area contributed by atoms with Crippen molar-refractivity contribution in [3.63, 3.8) is 0 Å². The molecule has 1 fully saturated rings. The molecule has 0 radical (unpaired) electrons. The van der Waals surface area contributed by atoms with Gasteiger partial charge in [0.05, 0.1) is 11.9 Å². The Morgan fingerprint density at radius 2 is 2.29 bits per heavy atom. The van der Waals surface area contributed by atoms with Crippen LogP contribution in [0.3, 0.4) is 0 Å². The number of nitrogens with zero attached hydrogens (tertiary/aromatic N) is 3. The third kappa shape index (κ3) is 4.71. The lowest BCUT2D eigenvalue weighted by molar-refractivity contribution is -0.133. The molecule has 0 amide bonds. The molecule has 1 unspecified atom stereocenters. The molecule has 0 saturated carbocycles. The van der Waals surface area contributed by atoms with Gasteiger partial charge in [0.2, 0.25) is 0 Å². The molecule has 0 aliphatic carbocycles. The van der Waals surface area contributed by atoms with Gasteiger partial charge in [0.1, 0.15) is 5.82 Å². The lowest BCUT2D eigenvalue weighted by atomic mass is 10.1. The summed E-state index contributed by atoms with van der Waals surface area (Å²) in [6.07, 6.45) is 4.72. The van der Waals surface area contributed by atoms with E-state index in [-0.39, 0.29) is 11.7 Å². The first-order valence-corrected chi connectivity index (χ1v) is 8.45. The Balaban J connectivity index is 2.02. The molecule has 2 rings (SSSR count). The molecule has 21 heavy (non-hydrogen) atoms. The molecule has 1 saturated heterocycles. The summed E-state index contributed by atoms with van der Waals surface area (Å²) >= 11 is 1.23. The van der Waals surface area contributed by atoms with Crippen LogP contribution in [-0.4, -0.2) is 44.3 Å². The summed E-state index contributed by atoms with van der Waals surface area (Å²) in [6, 6.07) is 0. The number of carbonyl (C=O) groups is 1. The summed E-state index contributed by atoms with van der Waals surface area (Å²) in [5.41, 5.74) is 0. The third-order valence-electron chi connectivity index (χ3n) is 3.54. The number of hydrogen-bond acceptors (Lipinski definition) is 5. The van der Waals surface area contributed by atoms with Crippen molar-refractivity contribution < 1.29 is 14.6 Å². The number of carboxylic acids is 1. The monoisotopic (exact) mass is 313 g/mol. The second kappa shape index (κ2) is 7.79. The van der Waals surface area contributed by atoms with Gasteiger partial charge in [-0.25, -0.2) is 0 Å². The molecule has 1 aliphatic rings. The van der Waals surface area contributed by atoms with Gasteiger partial charge in [0.15, 0.2) is 5.16 Å². The van der Waals surface area contributed by atoms with Crippen molar-refractivity contribution in [3.8, 4) is 0 Å². The molecule has 0 aromatic carbocycles. The Kier molecular flexibility index (Phi) is 6.05. The second-order valence-corrected chi connectivity index (χ2v) is 6.55. The van der Waals surface area contributed by atoms with Crippen molar-refractivity contribution in [3.05, 3.63) is 5.82 Å². The number of aromatic nitrogens is 3. The van der Waals surface area contributed by atoms with E-state index in [9.17, 15) is 4.79 Å². The Morgan fingerprint density at radius 1 is 1.48 bits per heavy atom. The predicted octanol–water partition coefficient (Wildman–Crippen LogP) is 2.54. The molecular weight excluding hydrogens is 290 g/mol. The summed E-state index contributed by atoms with van der Waals surface area (Å²) in [4.78, 5) is 10.7. The minimum Gasteiger partial charge on any atom is -0.481 e. The van der Waals surface area contributed by atoms with Gasteiger partial charge < -0.3 is 14.4 Å². The number of carboxylic acid groups (broad SMARTS) is 1. The molecule has 6 nitrogen and oxygen atoms in total. The summed E-state index contributed by atoms with van der Waals surface area (Å²) in [6.45, 7) is 5.78. The van der Waals surface area contributed by atoms with Crippen molar-refractivity contribution in [1.29, 1.82) is 0 Å². The largest absolute Gasteiger partial charge is 0.481 e. The van der Waals surface area contributed by atoms with E-state index in [2.05, 4.69) is 28.6 Å². The van der Waals surface area contributed by atoms with Crippen LogP contribution in [0.4, 0.5) is 0 Å². The normalized spacial score (nSPS) is 19.1. The maximum absolute atomic E-state index is 10.7. The highest BCUT2D eigenvalue weighted by Crippen LogP contribution is 2.23. The van der Waals surface area contributed by atoms with Crippen LogP contribution in [0.1, 0.15) is 51.3 Å². The summed E-state index contributed by atoms with van der Waals surface area (Å²) < 4.78 is 7.81. The summed E-state index contributed by atoms with van der Waals surface area (Å²) in [5, 5.41) is 17.9. The molecule has 0 bridgehead atoms. The van der Waals surface area contributed by atoms with Gasteiger partial charge in [-0.3, -0.25) is 4.79 Å². The van der Waals surface area contributed by atoms with Gasteiger partial charge in [-0.1, -0.05) is 25.6 Å². The number of thioether (sulfide) groups is 1. The average Bonchev–Trinajstić information content (AvgIpc) is 2.87. The highest BCUT2D eigenvalue weighted by atomic mass is 32.2. The Labute approximate surface area is 129 Å². The molecule has 2 heterocycles. The maximum Gasteiger partial charge on any atom is 0.313 e. The number of hydrogen-bond donors (Lipinski definition) is 1. The standard InChI is InChI=1S/C14H23N3O3S/c1-10(2)13-15-16-14(21-9-12(18)19)17(13)7-6-11-5-3-4-8-20-11/h10-11H,3-9H2,1-2H3,(H,18,19). The van der Waals surface area contributed by atoms with E-state index in [4.69, 9.17) is 9.84 Å². The van der Waals surface area contributed by atoms with Crippen molar-refractivity contribution in [2.24, 2.45) is 0 Å². The first-order chi connectivity index (χ1) is 10.1. The van der Waals surface area contributed by atoms with Crippen LogP contribution in [0, 0.1) is 0 Å². The van der Waals surface area contributed by atoms with Crippen LogP contribution < -0.4 is 0 Å². The van der Waals surface area contributed by atoms with E-state index < -0.39 is 5.97 Å². The van der Waals surface area contributed by atoms with Gasteiger partial charge in [0.25, 0.3) is 0 Å². The van der Waals surface area contributed by atoms with Crippen LogP contribution in [0.2, 0.25) is 0 Å². The lowest BCUT2D eigenvalue weighted by Gasteiger charge is -2.23. The molecule has 1 aromatic heterocycles. The van der Waals surface area contributed by atoms with Gasteiger partial charge in [0, 0.05) is 19.1 Å². The molecule has 0 spiro atoms. The van der Waals surface area contributed by atoms with Crippen LogP contribution in [0.25, 0.3) is 0 Å². The molecule has 1 atom stereocenters. The van der Waals surface area contributed by atoms with Crippen molar-refractivity contribution in [2.45, 2.75) is 63.3 Å². The molecule has 1 aliphatic heterocycles. The maximum atomic E-state index is 10.7. The minimum absolute atomic E-state index is 0.0101. The SMILES string of the molecule is CC(C)c1nnc(SCC(=O)O)n1CCC1CCCCO1. The van der Waals surface area contributed by atoms with Gasteiger partial charge in [-0.15, -0.1) is 10.2 Å². The van der Waals surface area contributed by atoms with E-state index in [1.165, 1.54) is 18.2 Å². The Morgan fingerprint density at radius 3 is 2.90 bits per heavy atom. The van der Waals surface area contributed by atoms with Crippen LogP contribution in [0.5, 0.6) is 0 Å². The van der Waals surface area contributed by atoms with Crippen molar-refractivity contribution in [1.82, 2.24) is 14.8 Å². The Hall–Kier alpha value is -1.08. The first-order valence-electron chi connectivity index (χ1n) is 7.47. The van der Waals surface area contributed by atoms with Gasteiger partial charge in [-0.2, -0.15) is 0 Å². The molecule has 1 N–H and O–H groups in total. The van der Waals surface area contributed by atoms with E-state index >= 15 is 0 Å². The van der Waals surface area contributed by atoms with Crippen molar-refractivity contribution in [2.75, 3.05) is 12.4 Å². The highest BCUT2D eigenvalue weighted by molar-refractivity contribution is 7.99. The van der Waals surface area contributed by atoms with E-state index in [1.54, 1.807) is 0 Å². The molecular formula is C14H23N3O3S. The third-order valence-corrected chi connectivity index (χ3v) is 4.49. The average molecular weight is 313 g/mol. The molecule has 7 heteroatoms. The van der Waals surface area contributed by atoms with Crippen LogP contribution in [0.15, 0.2) is 5.16 Å². The lowest BCUT2D eigenvalue weighted by Crippen LogP contribution is -2.21. The number of ether oxygens (including phenoxy) is 1. The fourth-order valence-electron chi connectivity index (χ4n) is 2.48. The number of aliphatic carboxylic acids is 1. The number of rotatable bonds is 7. The highest BCUT2D eigenvalue weighted by Gasteiger charge is 2.19. The second-order valence-electron chi connectivity index (χ2n) is 5.61. The fourth-order valence-corrected chi connectivity index (χ4v) is 3.17. The zero-order valence-corrected chi connectivity index (χ0v) is 13.4. The Bertz CT molecular complexity index is 470. The van der Waals surface area contributed by atoms with E-state index in [0.717, 1.165) is 38.2 Å². The summed E-state index contributed by atoms with van der Waals surface area (Å²) in [7, 11) is 0. The predicted molar refractivity (Wildman–Crippen MR) is 80.7 cm³/mol. The smallest absolute Gasteiger partial charge is 0.313 e. The van der Waals surface area contributed by atoms with E-state index in [1.807, 2.05) is 0 Å². The zero-order chi connectivity index (χ0) is 15.2. The van der Waals surface area contributed by atoms with Crippen LogP contribution in [-0.2, 0) is 16.1 Å². The van der Waals surface area contributed by atoms with E-state index in [0.29, 0.717) is 11.3 Å². The van der Waals surface area contributed by atoms with Crippen molar-refractivity contribution >= 4 is 17.7 Å². The zero-order valence-electron chi connectivity index (χ0n) is 12.6. The minimum atomic E-state index is -0.837. The van der Waals surface area contributed by atoms with Gasteiger partial charge in [-0.05, 0) is 25.7 Å². The molecule has 1 aromatic rings.